The Morgan fingerprint density at radius 2 is 0.816 bits per heavy atom. The van der Waals surface area contributed by atoms with Crippen LogP contribution in [0.5, 0.6) is 0 Å². The molecule has 0 unspecified atom stereocenters. The Morgan fingerprint density at radius 3 is 1.21 bits per heavy atom. The summed E-state index contributed by atoms with van der Waals surface area (Å²) < 4.78 is 12.0. The topological polar surface area (TPSA) is 21.7 Å². The zero-order valence-electron chi connectivity index (χ0n) is 25.7. The molecule has 38 heavy (non-hydrogen) atoms. The Labute approximate surface area is 238 Å². The molecule has 1 rings (SSSR count). The van der Waals surface area contributed by atoms with Crippen LogP contribution >= 0.6 is 0 Å². The van der Waals surface area contributed by atoms with Crippen molar-refractivity contribution in [2.75, 3.05) is 39.5 Å². The van der Waals surface area contributed by atoms with Crippen LogP contribution in [0, 0.1) is 0 Å². The van der Waals surface area contributed by atoms with E-state index in [2.05, 4.69) is 49.1 Å². The van der Waals surface area contributed by atoms with Gasteiger partial charge in [0.25, 0.3) is 0 Å². The molecule has 0 amide bonds. The van der Waals surface area contributed by atoms with Gasteiger partial charge in [-0.15, -0.1) is 0 Å². The van der Waals surface area contributed by atoms with Gasteiger partial charge in [-0.05, 0) is 18.4 Å². The van der Waals surface area contributed by atoms with Crippen molar-refractivity contribution in [2.24, 2.45) is 0 Å². The molecule has 0 aromatic heterocycles. The van der Waals surface area contributed by atoms with E-state index >= 15 is 0 Å². The van der Waals surface area contributed by atoms with E-state index in [1.165, 1.54) is 134 Å². The van der Waals surface area contributed by atoms with E-state index in [9.17, 15) is 0 Å². The van der Waals surface area contributed by atoms with Gasteiger partial charge in [0.2, 0.25) is 0 Å². The fraction of sp³-hybridized carbons (Fsp3) is 0.829. The summed E-state index contributed by atoms with van der Waals surface area (Å²) in [6.45, 7) is 11.0. The first kappa shape index (κ1) is 35.1. The minimum absolute atomic E-state index is 0.822. The van der Waals surface area contributed by atoms with E-state index in [0.717, 1.165) is 46.1 Å². The van der Waals surface area contributed by atoms with Gasteiger partial charge >= 0.3 is 0 Å². The van der Waals surface area contributed by atoms with E-state index in [-0.39, 0.29) is 0 Å². The van der Waals surface area contributed by atoms with Crippen LogP contribution in [0.15, 0.2) is 30.3 Å². The summed E-state index contributed by atoms with van der Waals surface area (Å²) in [5.74, 6) is 0. The average molecular weight is 532 g/mol. The smallest absolute Gasteiger partial charge is 0.0593 e. The average Bonchev–Trinajstić information content (AvgIpc) is 2.94. The molecule has 0 saturated carbocycles. The fourth-order valence-corrected chi connectivity index (χ4v) is 5.09. The van der Waals surface area contributed by atoms with E-state index in [1.54, 1.807) is 0 Å². The van der Waals surface area contributed by atoms with Crippen LogP contribution in [0.2, 0.25) is 0 Å². The predicted octanol–water partition coefficient (Wildman–Crippen LogP) is 10.4. The molecule has 0 saturated heterocycles. The minimum atomic E-state index is 0.822. The Balaban J connectivity index is 2.04. The number of hydrogen-bond donors (Lipinski definition) is 0. The summed E-state index contributed by atoms with van der Waals surface area (Å²) in [6, 6.07) is 10.8. The van der Waals surface area contributed by atoms with E-state index < -0.39 is 0 Å². The molecule has 0 aliphatic heterocycles. The predicted molar refractivity (Wildman–Crippen MR) is 167 cm³/mol. The molecule has 0 heterocycles. The number of rotatable bonds is 30. The van der Waals surface area contributed by atoms with E-state index in [0.29, 0.717) is 0 Å². The van der Waals surface area contributed by atoms with Crippen molar-refractivity contribution in [1.29, 1.82) is 0 Å². The SMILES string of the molecule is CCCCCCCCCCCCOCCN(CCOCCCCCCCCCCCC)Cc1ccccc1. The van der Waals surface area contributed by atoms with Crippen molar-refractivity contribution in [3.05, 3.63) is 35.9 Å². The Kier molecular flexibility index (Phi) is 26.9. The highest BCUT2D eigenvalue weighted by Crippen LogP contribution is 2.12. The van der Waals surface area contributed by atoms with Crippen LogP contribution in [-0.4, -0.2) is 44.4 Å². The lowest BCUT2D eigenvalue weighted by molar-refractivity contribution is 0.0692. The molecule has 0 radical (unpaired) electrons. The normalized spacial score (nSPS) is 11.6. The molecule has 0 aliphatic rings. The molecule has 0 fully saturated rings. The van der Waals surface area contributed by atoms with Crippen molar-refractivity contribution in [2.45, 2.75) is 149 Å². The Hall–Kier alpha value is -0.900. The molecular formula is C35H65NO2. The standard InChI is InChI=1S/C35H65NO2/c1-3-5-7-9-11-13-15-17-19-24-30-37-32-28-36(34-35-26-22-21-23-27-35)29-33-38-31-25-20-18-16-14-12-10-8-6-4-2/h21-23,26-27H,3-20,24-25,28-34H2,1-2H3. The number of ether oxygens (including phenoxy) is 2. The molecule has 0 aliphatic carbocycles. The molecule has 0 N–H and O–H groups in total. The van der Waals surface area contributed by atoms with Gasteiger partial charge in [-0.25, -0.2) is 0 Å². The third-order valence-electron chi connectivity index (χ3n) is 7.64. The highest BCUT2D eigenvalue weighted by atomic mass is 16.5. The Bertz CT molecular complexity index is 534. The van der Waals surface area contributed by atoms with Gasteiger partial charge < -0.3 is 9.47 Å². The van der Waals surface area contributed by atoms with Crippen molar-refractivity contribution >= 4 is 0 Å². The Morgan fingerprint density at radius 1 is 0.447 bits per heavy atom. The maximum absolute atomic E-state index is 6.01. The summed E-state index contributed by atoms with van der Waals surface area (Å²) >= 11 is 0. The lowest BCUT2D eigenvalue weighted by Gasteiger charge is -2.22. The van der Waals surface area contributed by atoms with Gasteiger partial charge in [0, 0.05) is 32.8 Å². The molecule has 1 aromatic carbocycles. The van der Waals surface area contributed by atoms with Crippen LogP contribution in [-0.2, 0) is 16.0 Å². The van der Waals surface area contributed by atoms with Gasteiger partial charge in [0.05, 0.1) is 13.2 Å². The lowest BCUT2D eigenvalue weighted by Crippen LogP contribution is -2.31. The summed E-state index contributed by atoms with van der Waals surface area (Å²) in [5, 5.41) is 0. The number of hydrogen-bond acceptors (Lipinski definition) is 3. The molecule has 1 aromatic rings. The molecule has 0 spiro atoms. The van der Waals surface area contributed by atoms with Crippen molar-refractivity contribution in [1.82, 2.24) is 4.90 Å². The highest BCUT2D eigenvalue weighted by Gasteiger charge is 2.06. The second-order valence-electron chi connectivity index (χ2n) is 11.4. The highest BCUT2D eigenvalue weighted by molar-refractivity contribution is 5.14. The fourth-order valence-electron chi connectivity index (χ4n) is 5.09. The zero-order chi connectivity index (χ0) is 27.2. The lowest BCUT2D eigenvalue weighted by atomic mass is 10.1. The maximum atomic E-state index is 6.01. The first-order valence-corrected chi connectivity index (χ1v) is 16.8. The van der Waals surface area contributed by atoms with Crippen molar-refractivity contribution in [3.8, 4) is 0 Å². The van der Waals surface area contributed by atoms with Gasteiger partial charge in [-0.1, -0.05) is 160 Å². The molecule has 3 heteroatoms. The van der Waals surface area contributed by atoms with Crippen LogP contribution in [0.3, 0.4) is 0 Å². The molecule has 222 valence electrons. The van der Waals surface area contributed by atoms with Crippen LogP contribution in [0.4, 0.5) is 0 Å². The molecular weight excluding hydrogens is 466 g/mol. The third kappa shape index (κ3) is 24.2. The minimum Gasteiger partial charge on any atom is -0.380 e. The molecule has 0 bridgehead atoms. The van der Waals surface area contributed by atoms with Gasteiger partial charge in [-0.2, -0.15) is 0 Å². The van der Waals surface area contributed by atoms with Crippen molar-refractivity contribution < 1.29 is 9.47 Å². The monoisotopic (exact) mass is 532 g/mol. The number of nitrogens with zero attached hydrogens (tertiary/aromatic N) is 1. The van der Waals surface area contributed by atoms with E-state index in [4.69, 9.17) is 9.47 Å². The number of unbranched alkanes of at least 4 members (excludes halogenated alkanes) is 18. The van der Waals surface area contributed by atoms with Crippen LogP contribution in [0.1, 0.15) is 148 Å². The van der Waals surface area contributed by atoms with Crippen molar-refractivity contribution in [3.63, 3.8) is 0 Å². The van der Waals surface area contributed by atoms with Crippen LogP contribution in [0.25, 0.3) is 0 Å². The molecule has 3 nitrogen and oxygen atoms in total. The van der Waals surface area contributed by atoms with Gasteiger partial charge in [0.15, 0.2) is 0 Å². The molecule has 0 atom stereocenters. The zero-order valence-corrected chi connectivity index (χ0v) is 25.7. The van der Waals surface area contributed by atoms with Gasteiger partial charge in [0.1, 0.15) is 0 Å². The maximum Gasteiger partial charge on any atom is 0.0593 e. The summed E-state index contributed by atoms with van der Waals surface area (Å²) in [7, 11) is 0. The number of benzene rings is 1. The summed E-state index contributed by atoms with van der Waals surface area (Å²) in [4.78, 5) is 2.49. The quantitative estimate of drug-likeness (QED) is 0.0921. The summed E-state index contributed by atoms with van der Waals surface area (Å²) in [6.07, 6.45) is 27.5. The third-order valence-corrected chi connectivity index (χ3v) is 7.64. The first-order valence-electron chi connectivity index (χ1n) is 16.8. The van der Waals surface area contributed by atoms with Crippen LogP contribution < -0.4 is 0 Å². The second-order valence-corrected chi connectivity index (χ2v) is 11.4. The van der Waals surface area contributed by atoms with Gasteiger partial charge in [-0.3, -0.25) is 4.90 Å². The van der Waals surface area contributed by atoms with E-state index in [1.807, 2.05) is 0 Å². The summed E-state index contributed by atoms with van der Waals surface area (Å²) in [5.41, 5.74) is 1.37. The first-order chi connectivity index (χ1) is 18.9. The largest absolute Gasteiger partial charge is 0.380 e. The second kappa shape index (κ2) is 29.1.